The third kappa shape index (κ3) is 5.61. The first-order valence-corrected chi connectivity index (χ1v) is 16.8. The molecule has 0 saturated heterocycles. The molecule has 3 nitrogen and oxygen atoms in total. The lowest BCUT2D eigenvalue weighted by Crippen LogP contribution is -1.97. The van der Waals surface area contributed by atoms with E-state index in [1.807, 2.05) is 36.5 Å². The molecular weight excluding hydrogens is 607 g/mol. The number of hydrogen-bond donors (Lipinski definition) is 0. The van der Waals surface area contributed by atoms with Gasteiger partial charge in [-0.2, -0.15) is 0 Å². The zero-order valence-corrected chi connectivity index (χ0v) is 27.2. The van der Waals surface area contributed by atoms with Crippen molar-refractivity contribution < 1.29 is 0 Å². The van der Waals surface area contributed by atoms with Gasteiger partial charge in [0.2, 0.25) is 0 Å². The smallest absolute Gasteiger partial charge is 0.160 e. The molecule has 0 fully saturated rings. The molecule has 0 N–H and O–H groups in total. The predicted octanol–water partition coefficient (Wildman–Crippen LogP) is 12.2. The number of fused-ring (bicyclic) bond motifs is 3. The maximum Gasteiger partial charge on any atom is 0.160 e. The summed E-state index contributed by atoms with van der Waals surface area (Å²) in [6.45, 7) is 0. The second-order valence-electron chi connectivity index (χ2n) is 12.5. The van der Waals surface area contributed by atoms with Gasteiger partial charge in [0.1, 0.15) is 0 Å². The molecule has 9 aromatic rings. The summed E-state index contributed by atoms with van der Waals surface area (Å²) in [6, 6.07) is 63.6. The zero-order chi connectivity index (χ0) is 33.3. The normalized spacial score (nSPS) is 11.2. The largest absolute Gasteiger partial charge is 0.256 e. The predicted molar refractivity (Wildman–Crippen MR) is 207 cm³/mol. The summed E-state index contributed by atoms with van der Waals surface area (Å²) in [4.78, 5) is 15.4. The van der Waals surface area contributed by atoms with Crippen LogP contribution >= 0.6 is 0 Å². The van der Waals surface area contributed by atoms with Crippen molar-refractivity contribution in [2.75, 3.05) is 0 Å². The molecule has 0 atom stereocenters. The second kappa shape index (κ2) is 12.7. The summed E-state index contributed by atoms with van der Waals surface area (Å²) in [5, 5.41) is 3.38. The molecule has 234 valence electrons. The Morgan fingerprint density at radius 2 is 0.880 bits per heavy atom. The molecule has 50 heavy (non-hydrogen) atoms. The van der Waals surface area contributed by atoms with Gasteiger partial charge in [-0.3, -0.25) is 4.98 Å². The lowest BCUT2D eigenvalue weighted by atomic mass is 9.94. The van der Waals surface area contributed by atoms with E-state index in [0.29, 0.717) is 5.82 Å². The van der Waals surface area contributed by atoms with Crippen LogP contribution in [0.25, 0.3) is 89.0 Å². The molecule has 3 heteroatoms. The Morgan fingerprint density at radius 1 is 0.340 bits per heavy atom. The van der Waals surface area contributed by atoms with Crippen LogP contribution in [0.15, 0.2) is 188 Å². The topological polar surface area (TPSA) is 38.7 Å². The number of nitrogens with zero attached hydrogens (tertiary/aromatic N) is 3. The maximum atomic E-state index is 5.34. The molecule has 0 aliphatic rings. The minimum Gasteiger partial charge on any atom is -0.256 e. The quantitative estimate of drug-likeness (QED) is 0.170. The summed E-state index contributed by atoms with van der Waals surface area (Å²) in [5.74, 6) is 0.685. The van der Waals surface area contributed by atoms with Gasteiger partial charge in [0.15, 0.2) is 5.82 Å². The van der Waals surface area contributed by atoms with Gasteiger partial charge in [0.05, 0.1) is 16.9 Å². The van der Waals surface area contributed by atoms with Crippen LogP contribution in [0.3, 0.4) is 0 Å². The van der Waals surface area contributed by atoms with Gasteiger partial charge in [0.25, 0.3) is 0 Å². The van der Waals surface area contributed by atoms with Crippen LogP contribution in [0, 0.1) is 0 Å². The van der Waals surface area contributed by atoms with Crippen LogP contribution in [-0.4, -0.2) is 15.0 Å². The van der Waals surface area contributed by atoms with Crippen LogP contribution in [0.4, 0.5) is 0 Å². The van der Waals surface area contributed by atoms with Crippen molar-refractivity contribution in [3.8, 4) is 67.3 Å². The molecule has 0 aliphatic heterocycles. The summed E-state index contributed by atoms with van der Waals surface area (Å²) < 4.78 is 0. The summed E-state index contributed by atoms with van der Waals surface area (Å²) in [5.41, 5.74) is 12.6. The molecule has 0 aliphatic carbocycles. The molecule has 2 aromatic heterocycles. The van der Waals surface area contributed by atoms with Gasteiger partial charge in [-0.05, 0) is 68.9 Å². The molecule has 7 aromatic carbocycles. The molecular formula is C47H31N3. The van der Waals surface area contributed by atoms with E-state index in [2.05, 4.69) is 152 Å². The second-order valence-corrected chi connectivity index (χ2v) is 12.5. The van der Waals surface area contributed by atoms with Crippen molar-refractivity contribution in [3.05, 3.63) is 188 Å². The number of hydrogen-bond acceptors (Lipinski definition) is 3. The lowest BCUT2D eigenvalue weighted by molar-refractivity contribution is 1.23. The van der Waals surface area contributed by atoms with Gasteiger partial charge < -0.3 is 0 Å². The Morgan fingerprint density at radius 3 is 1.56 bits per heavy atom. The molecule has 2 heterocycles. The molecule has 0 unspecified atom stereocenters. The monoisotopic (exact) mass is 637 g/mol. The fourth-order valence-electron chi connectivity index (χ4n) is 6.76. The van der Waals surface area contributed by atoms with E-state index >= 15 is 0 Å². The summed E-state index contributed by atoms with van der Waals surface area (Å²) in [7, 11) is 0. The van der Waals surface area contributed by atoms with E-state index in [1.54, 1.807) is 0 Å². The third-order valence-corrected chi connectivity index (χ3v) is 9.32. The molecule has 0 saturated carbocycles. The Bertz CT molecular complexity index is 2500. The third-order valence-electron chi connectivity index (χ3n) is 9.32. The molecule has 0 radical (unpaired) electrons. The average Bonchev–Trinajstić information content (AvgIpc) is 3.21. The standard InChI is InChI=1S/C47H31N3/c1-4-12-32(13-5-1)33-20-22-34(23-21-33)39-28-40(38-25-26-43(48-31-38)36-15-6-2-7-16-36)30-41(29-39)47-49-44-27-24-35-14-10-11-19-42(35)45(44)46(50-47)37-17-8-3-9-18-37/h1-31H. The molecule has 0 bridgehead atoms. The van der Waals surface area contributed by atoms with E-state index < -0.39 is 0 Å². The number of benzene rings is 7. The van der Waals surface area contributed by atoms with E-state index in [9.17, 15) is 0 Å². The Balaban J connectivity index is 1.23. The fourth-order valence-corrected chi connectivity index (χ4v) is 6.76. The fraction of sp³-hybridized carbons (Fsp3) is 0. The van der Waals surface area contributed by atoms with E-state index in [4.69, 9.17) is 15.0 Å². The minimum absolute atomic E-state index is 0.685. The highest BCUT2D eigenvalue weighted by Crippen LogP contribution is 2.37. The SMILES string of the molecule is c1ccc(-c2ccc(-c3cc(-c4ccc(-c5ccccc5)nc4)cc(-c4nc(-c5ccccc5)c5c(ccc6ccccc65)n4)c3)cc2)cc1. The highest BCUT2D eigenvalue weighted by atomic mass is 14.9. The zero-order valence-electron chi connectivity index (χ0n) is 27.2. The minimum atomic E-state index is 0.685. The summed E-state index contributed by atoms with van der Waals surface area (Å²) in [6.07, 6.45) is 1.96. The highest BCUT2D eigenvalue weighted by molar-refractivity contribution is 6.12. The Hall–Kier alpha value is -6.71. The van der Waals surface area contributed by atoms with E-state index in [1.165, 1.54) is 16.5 Å². The van der Waals surface area contributed by atoms with Gasteiger partial charge in [-0.25, -0.2) is 9.97 Å². The van der Waals surface area contributed by atoms with Crippen LogP contribution in [-0.2, 0) is 0 Å². The maximum absolute atomic E-state index is 5.34. The number of rotatable bonds is 6. The molecule has 9 rings (SSSR count). The van der Waals surface area contributed by atoms with Crippen LogP contribution in [0.2, 0.25) is 0 Å². The Labute approximate surface area is 291 Å². The molecule has 0 spiro atoms. The highest BCUT2D eigenvalue weighted by Gasteiger charge is 2.16. The van der Waals surface area contributed by atoms with Crippen molar-refractivity contribution in [1.82, 2.24) is 15.0 Å². The van der Waals surface area contributed by atoms with Crippen molar-refractivity contribution in [2.24, 2.45) is 0 Å². The molecule has 0 amide bonds. The van der Waals surface area contributed by atoms with Crippen molar-refractivity contribution >= 4 is 21.7 Å². The van der Waals surface area contributed by atoms with Crippen LogP contribution in [0.5, 0.6) is 0 Å². The van der Waals surface area contributed by atoms with Gasteiger partial charge in [-0.1, -0.05) is 152 Å². The van der Waals surface area contributed by atoms with Crippen molar-refractivity contribution in [1.29, 1.82) is 0 Å². The lowest BCUT2D eigenvalue weighted by Gasteiger charge is -2.14. The van der Waals surface area contributed by atoms with Crippen molar-refractivity contribution in [3.63, 3.8) is 0 Å². The van der Waals surface area contributed by atoms with E-state index in [-0.39, 0.29) is 0 Å². The van der Waals surface area contributed by atoms with Gasteiger partial charge in [0, 0.05) is 33.8 Å². The van der Waals surface area contributed by atoms with Crippen LogP contribution < -0.4 is 0 Å². The number of aromatic nitrogens is 3. The average molecular weight is 638 g/mol. The Kier molecular flexibility index (Phi) is 7.49. The first-order chi connectivity index (χ1) is 24.8. The van der Waals surface area contributed by atoms with Gasteiger partial charge >= 0.3 is 0 Å². The first-order valence-electron chi connectivity index (χ1n) is 16.8. The van der Waals surface area contributed by atoms with E-state index in [0.717, 1.165) is 66.6 Å². The number of pyridine rings is 1. The van der Waals surface area contributed by atoms with Gasteiger partial charge in [-0.15, -0.1) is 0 Å². The first kappa shape index (κ1) is 29.4. The van der Waals surface area contributed by atoms with Crippen LogP contribution in [0.1, 0.15) is 0 Å². The summed E-state index contributed by atoms with van der Waals surface area (Å²) >= 11 is 0. The van der Waals surface area contributed by atoms with Crippen molar-refractivity contribution in [2.45, 2.75) is 0 Å².